The summed E-state index contributed by atoms with van der Waals surface area (Å²) in [5.41, 5.74) is 4.14. The van der Waals surface area contributed by atoms with Crippen LogP contribution in [0.25, 0.3) is 11.4 Å². The summed E-state index contributed by atoms with van der Waals surface area (Å²) in [7, 11) is 0. The molecule has 1 N–H and O–H groups in total. The number of rotatable bonds is 1. The quantitative estimate of drug-likeness (QED) is 0.791. The average Bonchev–Trinajstić information content (AvgIpc) is 2.77. The lowest BCUT2D eigenvalue weighted by atomic mass is 10.1. The van der Waals surface area contributed by atoms with E-state index in [1.54, 1.807) is 6.07 Å². The van der Waals surface area contributed by atoms with Crippen LogP contribution in [0.15, 0.2) is 18.2 Å². The van der Waals surface area contributed by atoms with Crippen LogP contribution in [-0.4, -0.2) is 9.97 Å². The molecule has 0 fully saturated rings. The van der Waals surface area contributed by atoms with Gasteiger partial charge in [-0.3, -0.25) is 0 Å². The molecule has 0 radical (unpaired) electrons. The number of nitrogens with one attached hydrogen (secondary N) is 1. The molecule has 92 valence electrons. The van der Waals surface area contributed by atoms with E-state index in [1.165, 1.54) is 23.4 Å². The maximum absolute atomic E-state index is 13.1. The number of hydrogen-bond acceptors (Lipinski definition) is 2. The van der Waals surface area contributed by atoms with Gasteiger partial charge in [-0.25, -0.2) is 9.37 Å². The first kappa shape index (κ1) is 11.5. The number of fused-ring (bicyclic) bond motifs is 1. The zero-order valence-corrected chi connectivity index (χ0v) is 10.9. The van der Waals surface area contributed by atoms with Gasteiger partial charge < -0.3 is 4.98 Å². The van der Waals surface area contributed by atoms with Crippen molar-refractivity contribution in [2.24, 2.45) is 0 Å². The highest BCUT2D eigenvalue weighted by Crippen LogP contribution is 2.26. The minimum atomic E-state index is -0.226. The summed E-state index contributed by atoms with van der Waals surface area (Å²) in [4.78, 5) is 7.78. The Labute approximate surface area is 110 Å². The molecule has 1 aromatic carbocycles. The van der Waals surface area contributed by atoms with E-state index in [-0.39, 0.29) is 5.82 Å². The number of aryl methyl sites for hydroxylation is 2. The number of hydrogen-bond donors (Lipinski definition) is 1. The molecule has 0 bridgehead atoms. The molecule has 1 aliphatic rings. The molecule has 0 spiro atoms. The Morgan fingerprint density at radius 2 is 2.17 bits per heavy atom. The first-order chi connectivity index (χ1) is 8.65. The molecule has 0 unspecified atom stereocenters. The number of aromatic nitrogens is 2. The number of nitrogens with zero attached hydrogens (tertiary/aromatic N) is 1. The maximum Gasteiger partial charge on any atom is 0.139 e. The van der Waals surface area contributed by atoms with E-state index in [0.29, 0.717) is 4.64 Å². The zero-order chi connectivity index (χ0) is 12.7. The van der Waals surface area contributed by atoms with Crippen LogP contribution < -0.4 is 0 Å². The molecule has 4 heteroatoms. The lowest BCUT2D eigenvalue weighted by Gasteiger charge is -2.08. The minimum absolute atomic E-state index is 0.226. The van der Waals surface area contributed by atoms with Gasteiger partial charge in [-0.2, -0.15) is 0 Å². The van der Waals surface area contributed by atoms with Crippen LogP contribution in [0, 0.1) is 17.4 Å². The van der Waals surface area contributed by atoms with Crippen LogP contribution in [0.5, 0.6) is 0 Å². The number of halogens is 1. The fourth-order valence-electron chi connectivity index (χ4n) is 2.48. The molecule has 18 heavy (non-hydrogen) atoms. The monoisotopic (exact) mass is 260 g/mol. The van der Waals surface area contributed by atoms with Crippen molar-refractivity contribution in [1.82, 2.24) is 9.97 Å². The van der Waals surface area contributed by atoms with E-state index < -0.39 is 0 Å². The van der Waals surface area contributed by atoms with Gasteiger partial charge in [0.1, 0.15) is 16.3 Å². The zero-order valence-electron chi connectivity index (χ0n) is 10.1. The lowest BCUT2D eigenvalue weighted by molar-refractivity contribution is 0.627. The van der Waals surface area contributed by atoms with Gasteiger partial charge in [0.15, 0.2) is 0 Å². The highest BCUT2D eigenvalue weighted by atomic mass is 32.1. The smallest absolute Gasteiger partial charge is 0.139 e. The summed E-state index contributed by atoms with van der Waals surface area (Å²) in [6.07, 6.45) is 3.16. The fraction of sp³-hybridized carbons (Fsp3) is 0.286. The Kier molecular flexibility index (Phi) is 2.74. The van der Waals surface area contributed by atoms with Crippen molar-refractivity contribution in [3.05, 3.63) is 45.5 Å². The fourth-order valence-corrected chi connectivity index (χ4v) is 2.79. The SMILES string of the molecule is Cc1cc(F)ccc1-c1nc(=S)c2c([nH]1)CCC2. The van der Waals surface area contributed by atoms with Crippen LogP contribution in [0.4, 0.5) is 4.39 Å². The van der Waals surface area contributed by atoms with Gasteiger partial charge >= 0.3 is 0 Å². The van der Waals surface area contributed by atoms with Gasteiger partial charge in [0.25, 0.3) is 0 Å². The predicted octanol–water partition coefficient (Wildman–Crippen LogP) is 3.74. The Bertz CT molecular complexity index is 676. The normalized spacial score (nSPS) is 13.7. The Morgan fingerprint density at radius 1 is 1.33 bits per heavy atom. The summed E-state index contributed by atoms with van der Waals surface area (Å²) in [5, 5.41) is 0. The van der Waals surface area contributed by atoms with E-state index in [4.69, 9.17) is 12.2 Å². The topological polar surface area (TPSA) is 28.7 Å². The highest BCUT2D eigenvalue weighted by Gasteiger charge is 2.16. The van der Waals surface area contributed by atoms with E-state index in [9.17, 15) is 4.39 Å². The molecule has 0 amide bonds. The Balaban J connectivity index is 2.18. The molecular formula is C14H13FN2S. The molecule has 0 aliphatic heterocycles. The van der Waals surface area contributed by atoms with Crippen LogP contribution >= 0.6 is 12.2 Å². The van der Waals surface area contributed by atoms with E-state index in [0.717, 1.165) is 36.2 Å². The Morgan fingerprint density at radius 3 is 2.94 bits per heavy atom. The summed E-state index contributed by atoms with van der Waals surface area (Å²) in [6, 6.07) is 4.72. The van der Waals surface area contributed by atoms with Gasteiger partial charge in [-0.05, 0) is 49.9 Å². The van der Waals surface area contributed by atoms with Crippen LogP contribution in [0.2, 0.25) is 0 Å². The number of benzene rings is 1. The van der Waals surface area contributed by atoms with Crippen molar-refractivity contribution in [1.29, 1.82) is 0 Å². The van der Waals surface area contributed by atoms with E-state index in [2.05, 4.69) is 9.97 Å². The van der Waals surface area contributed by atoms with Gasteiger partial charge in [0, 0.05) is 16.8 Å². The predicted molar refractivity (Wildman–Crippen MR) is 71.6 cm³/mol. The standard InChI is InChI=1S/C14H13FN2S/c1-8-7-9(15)5-6-10(8)13-16-12-4-2-3-11(12)14(18)17-13/h5-7H,2-4H2,1H3,(H,16,17,18). The van der Waals surface area contributed by atoms with Gasteiger partial charge in [0.2, 0.25) is 0 Å². The number of aromatic amines is 1. The average molecular weight is 260 g/mol. The van der Waals surface area contributed by atoms with Crippen molar-refractivity contribution in [3.63, 3.8) is 0 Å². The first-order valence-electron chi connectivity index (χ1n) is 6.04. The molecule has 2 aromatic rings. The summed E-state index contributed by atoms with van der Waals surface area (Å²) >= 11 is 5.33. The Hall–Kier alpha value is -1.55. The summed E-state index contributed by atoms with van der Waals surface area (Å²) in [6.45, 7) is 1.88. The van der Waals surface area contributed by atoms with Crippen molar-refractivity contribution in [3.8, 4) is 11.4 Å². The molecule has 1 heterocycles. The molecule has 1 aromatic heterocycles. The molecule has 0 atom stereocenters. The first-order valence-corrected chi connectivity index (χ1v) is 6.44. The molecule has 2 nitrogen and oxygen atoms in total. The van der Waals surface area contributed by atoms with Crippen molar-refractivity contribution >= 4 is 12.2 Å². The van der Waals surface area contributed by atoms with Crippen molar-refractivity contribution in [2.75, 3.05) is 0 Å². The molecule has 1 aliphatic carbocycles. The second-order valence-corrected chi connectivity index (χ2v) is 5.05. The van der Waals surface area contributed by atoms with Gasteiger partial charge in [-0.15, -0.1) is 0 Å². The van der Waals surface area contributed by atoms with Crippen LogP contribution in [-0.2, 0) is 12.8 Å². The van der Waals surface area contributed by atoms with Gasteiger partial charge in [0.05, 0.1) is 0 Å². The van der Waals surface area contributed by atoms with Crippen LogP contribution in [0.1, 0.15) is 23.2 Å². The molecule has 0 saturated heterocycles. The maximum atomic E-state index is 13.1. The second-order valence-electron chi connectivity index (χ2n) is 4.66. The largest absolute Gasteiger partial charge is 0.343 e. The second kappa shape index (κ2) is 4.28. The van der Waals surface area contributed by atoms with E-state index in [1.807, 2.05) is 6.92 Å². The molecule has 0 saturated carbocycles. The summed E-state index contributed by atoms with van der Waals surface area (Å²) in [5.74, 6) is 0.522. The van der Waals surface area contributed by atoms with E-state index >= 15 is 0 Å². The third-order valence-electron chi connectivity index (χ3n) is 3.40. The van der Waals surface area contributed by atoms with Crippen molar-refractivity contribution < 1.29 is 4.39 Å². The molecule has 3 rings (SSSR count). The van der Waals surface area contributed by atoms with Crippen LogP contribution in [0.3, 0.4) is 0 Å². The van der Waals surface area contributed by atoms with Gasteiger partial charge in [-0.1, -0.05) is 12.2 Å². The third kappa shape index (κ3) is 1.86. The highest BCUT2D eigenvalue weighted by molar-refractivity contribution is 7.71. The van der Waals surface area contributed by atoms with Crippen molar-refractivity contribution in [2.45, 2.75) is 26.2 Å². The molecular weight excluding hydrogens is 247 g/mol. The lowest BCUT2D eigenvalue weighted by Crippen LogP contribution is -1.98. The third-order valence-corrected chi connectivity index (χ3v) is 3.74. The minimum Gasteiger partial charge on any atom is -0.343 e. The summed E-state index contributed by atoms with van der Waals surface area (Å²) < 4.78 is 13.8. The number of H-pyrrole nitrogens is 1.